The topological polar surface area (TPSA) is 48.9 Å². The van der Waals surface area contributed by atoms with E-state index in [2.05, 4.69) is 16.9 Å². The molecule has 2 unspecified atom stereocenters. The molecule has 0 aromatic carbocycles. The number of nitrogens with one attached hydrogen (secondary N) is 1. The average molecular weight is 194 g/mol. The van der Waals surface area contributed by atoms with Crippen LogP contribution in [0.1, 0.15) is 50.0 Å². The van der Waals surface area contributed by atoms with Gasteiger partial charge < -0.3 is 10.1 Å². The third-order valence-electron chi connectivity index (χ3n) is 3.14. The number of nitrogens with zero attached hydrogens (tertiary/aromatic N) is 1. The van der Waals surface area contributed by atoms with E-state index in [0.717, 1.165) is 17.4 Å². The second-order valence-corrected chi connectivity index (χ2v) is 4.42. The lowest BCUT2D eigenvalue weighted by molar-refractivity contribution is 0.276. The van der Waals surface area contributed by atoms with Crippen molar-refractivity contribution in [2.75, 3.05) is 0 Å². The Morgan fingerprint density at radius 3 is 3.07 bits per heavy atom. The molecule has 3 nitrogen and oxygen atoms in total. The van der Waals surface area contributed by atoms with E-state index in [1.165, 1.54) is 25.7 Å². The molecule has 1 heterocycles. The van der Waals surface area contributed by atoms with Crippen molar-refractivity contribution in [3.63, 3.8) is 0 Å². The number of aliphatic hydroxyl groups excluding tert-OH is 1. The summed E-state index contributed by atoms with van der Waals surface area (Å²) < 4.78 is 0. The molecule has 78 valence electrons. The van der Waals surface area contributed by atoms with Crippen LogP contribution in [0.15, 0.2) is 6.20 Å². The maximum Gasteiger partial charge on any atom is 0.109 e. The quantitative estimate of drug-likeness (QED) is 0.758. The highest BCUT2D eigenvalue weighted by atomic mass is 16.3. The Hall–Kier alpha value is -0.830. The van der Waals surface area contributed by atoms with Crippen molar-refractivity contribution in [3.8, 4) is 0 Å². The van der Waals surface area contributed by atoms with Crippen LogP contribution in [0.4, 0.5) is 0 Å². The highest BCUT2D eigenvalue weighted by molar-refractivity contribution is 5.05. The van der Waals surface area contributed by atoms with Gasteiger partial charge in [-0.25, -0.2) is 4.98 Å². The van der Waals surface area contributed by atoms with Gasteiger partial charge in [0.25, 0.3) is 0 Å². The van der Waals surface area contributed by atoms with Crippen LogP contribution in [0.3, 0.4) is 0 Å². The molecule has 1 aromatic rings. The molecule has 1 saturated carbocycles. The fourth-order valence-corrected chi connectivity index (χ4v) is 2.35. The van der Waals surface area contributed by atoms with Crippen LogP contribution in [-0.2, 0) is 6.61 Å². The summed E-state index contributed by atoms with van der Waals surface area (Å²) in [4.78, 5) is 7.52. The van der Waals surface area contributed by atoms with Crippen LogP contribution in [0.25, 0.3) is 0 Å². The van der Waals surface area contributed by atoms with Crippen LogP contribution < -0.4 is 0 Å². The molecule has 0 amide bonds. The first-order valence-corrected chi connectivity index (χ1v) is 5.44. The third-order valence-corrected chi connectivity index (χ3v) is 3.14. The van der Waals surface area contributed by atoms with Gasteiger partial charge in [-0.15, -0.1) is 0 Å². The fraction of sp³-hybridized carbons (Fsp3) is 0.727. The molecule has 0 spiro atoms. The van der Waals surface area contributed by atoms with Crippen molar-refractivity contribution in [2.45, 2.75) is 45.1 Å². The molecular weight excluding hydrogens is 176 g/mol. The molecule has 0 aliphatic heterocycles. The Bertz CT molecular complexity index is 295. The van der Waals surface area contributed by atoms with Gasteiger partial charge in [0.2, 0.25) is 0 Å². The van der Waals surface area contributed by atoms with Crippen molar-refractivity contribution in [2.24, 2.45) is 5.92 Å². The van der Waals surface area contributed by atoms with E-state index in [1.54, 1.807) is 6.20 Å². The van der Waals surface area contributed by atoms with Gasteiger partial charge in [-0.05, 0) is 18.8 Å². The highest BCUT2D eigenvalue weighted by Gasteiger charge is 2.22. The number of H-pyrrole nitrogens is 1. The smallest absolute Gasteiger partial charge is 0.109 e. The van der Waals surface area contributed by atoms with E-state index in [0.29, 0.717) is 5.92 Å². The van der Waals surface area contributed by atoms with Gasteiger partial charge >= 0.3 is 0 Å². The Labute approximate surface area is 84.6 Å². The van der Waals surface area contributed by atoms with Crippen LogP contribution in [0.5, 0.6) is 0 Å². The van der Waals surface area contributed by atoms with Crippen LogP contribution in [0, 0.1) is 5.92 Å². The molecule has 14 heavy (non-hydrogen) atoms. The molecule has 3 heteroatoms. The minimum Gasteiger partial charge on any atom is -0.390 e. The largest absolute Gasteiger partial charge is 0.390 e. The van der Waals surface area contributed by atoms with Crippen LogP contribution in [0.2, 0.25) is 0 Å². The molecule has 0 radical (unpaired) electrons. The minimum absolute atomic E-state index is 0.0648. The van der Waals surface area contributed by atoms with Gasteiger partial charge in [0.15, 0.2) is 0 Å². The van der Waals surface area contributed by atoms with Gasteiger partial charge in [-0.2, -0.15) is 0 Å². The average Bonchev–Trinajstić information content (AvgIpc) is 2.66. The molecule has 0 bridgehead atoms. The lowest BCUT2D eigenvalue weighted by Crippen LogP contribution is -2.12. The minimum atomic E-state index is 0.0648. The molecule has 2 N–H and O–H groups in total. The summed E-state index contributed by atoms with van der Waals surface area (Å²) in [5, 5.41) is 8.93. The van der Waals surface area contributed by atoms with Gasteiger partial charge in [-0.1, -0.05) is 19.8 Å². The number of imidazole rings is 1. The number of hydrogen-bond donors (Lipinski definition) is 2. The van der Waals surface area contributed by atoms with Crippen molar-refractivity contribution in [3.05, 3.63) is 17.7 Å². The van der Waals surface area contributed by atoms with Crippen molar-refractivity contribution in [1.82, 2.24) is 9.97 Å². The van der Waals surface area contributed by atoms with Crippen molar-refractivity contribution < 1.29 is 5.11 Å². The lowest BCUT2D eigenvalue weighted by Gasteiger charge is -2.24. The van der Waals surface area contributed by atoms with E-state index < -0.39 is 0 Å². The Morgan fingerprint density at radius 1 is 1.57 bits per heavy atom. The summed E-state index contributed by atoms with van der Waals surface area (Å²) in [6.45, 7) is 2.37. The molecule has 0 saturated heterocycles. The SMILES string of the molecule is CC1CCCC(c2ncc(CO)[nH]2)C1. The summed E-state index contributed by atoms with van der Waals surface area (Å²) in [6.07, 6.45) is 6.88. The zero-order valence-corrected chi connectivity index (χ0v) is 8.66. The molecule has 1 fully saturated rings. The zero-order valence-electron chi connectivity index (χ0n) is 8.66. The van der Waals surface area contributed by atoms with Crippen molar-refractivity contribution >= 4 is 0 Å². The van der Waals surface area contributed by atoms with Crippen molar-refractivity contribution in [1.29, 1.82) is 0 Å². The monoisotopic (exact) mass is 194 g/mol. The van der Waals surface area contributed by atoms with E-state index in [1.807, 2.05) is 0 Å². The summed E-state index contributed by atoms with van der Waals surface area (Å²) in [5.74, 6) is 2.47. The first-order chi connectivity index (χ1) is 6.79. The number of aliphatic hydroxyl groups is 1. The number of hydrogen-bond acceptors (Lipinski definition) is 2. The number of aromatic nitrogens is 2. The highest BCUT2D eigenvalue weighted by Crippen LogP contribution is 2.34. The summed E-state index contributed by atoms with van der Waals surface area (Å²) >= 11 is 0. The van der Waals surface area contributed by atoms with E-state index >= 15 is 0 Å². The summed E-state index contributed by atoms with van der Waals surface area (Å²) in [5.41, 5.74) is 0.832. The predicted molar refractivity (Wildman–Crippen MR) is 54.9 cm³/mol. The second kappa shape index (κ2) is 4.13. The van der Waals surface area contributed by atoms with E-state index in [4.69, 9.17) is 5.11 Å². The molecule has 1 aromatic heterocycles. The maximum atomic E-state index is 8.93. The lowest BCUT2D eigenvalue weighted by atomic mass is 9.82. The molecule has 1 aliphatic rings. The third kappa shape index (κ3) is 1.98. The molecule has 2 rings (SSSR count). The molecule has 2 atom stereocenters. The van der Waals surface area contributed by atoms with Gasteiger partial charge in [0.05, 0.1) is 18.5 Å². The summed E-state index contributed by atoms with van der Waals surface area (Å²) in [7, 11) is 0. The Kier molecular flexibility index (Phi) is 2.87. The second-order valence-electron chi connectivity index (χ2n) is 4.42. The first kappa shape index (κ1) is 9.71. The fourth-order valence-electron chi connectivity index (χ4n) is 2.35. The number of aromatic amines is 1. The molecular formula is C11H18N2O. The van der Waals surface area contributed by atoms with Crippen LogP contribution >= 0.6 is 0 Å². The predicted octanol–water partition coefficient (Wildman–Crippen LogP) is 2.20. The van der Waals surface area contributed by atoms with Crippen LogP contribution in [-0.4, -0.2) is 15.1 Å². The maximum absolute atomic E-state index is 8.93. The summed E-state index contributed by atoms with van der Waals surface area (Å²) in [6, 6.07) is 0. The first-order valence-electron chi connectivity index (χ1n) is 5.44. The Balaban J connectivity index is 2.06. The zero-order chi connectivity index (χ0) is 9.97. The van der Waals surface area contributed by atoms with Gasteiger partial charge in [-0.3, -0.25) is 0 Å². The number of rotatable bonds is 2. The van der Waals surface area contributed by atoms with E-state index in [-0.39, 0.29) is 6.61 Å². The van der Waals surface area contributed by atoms with Gasteiger partial charge in [0, 0.05) is 5.92 Å². The molecule has 1 aliphatic carbocycles. The normalized spacial score (nSPS) is 27.9. The standard InChI is InChI=1S/C11H18N2O/c1-8-3-2-4-9(5-8)11-12-6-10(7-14)13-11/h6,8-9,14H,2-5,7H2,1H3,(H,12,13). The van der Waals surface area contributed by atoms with E-state index in [9.17, 15) is 0 Å². The van der Waals surface area contributed by atoms with Gasteiger partial charge in [0.1, 0.15) is 5.82 Å². The Morgan fingerprint density at radius 2 is 2.43 bits per heavy atom.